The largest absolute Gasteiger partial charge is 0.343 e. The number of nitrogens with zero attached hydrogens (tertiary/aromatic N) is 2. The Kier molecular flexibility index (Phi) is 4.50. The van der Waals surface area contributed by atoms with Gasteiger partial charge in [-0.25, -0.2) is 0 Å². The van der Waals surface area contributed by atoms with Crippen LogP contribution in [0.25, 0.3) is 0 Å². The lowest BCUT2D eigenvalue weighted by atomic mass is 10.0. The minimum absolute atomic E-state index is 0.0232. The third-order valence-electron chi connectivity index (χ3n) is 2.67. The van der Waals surface area contributed by atoms with Crippen LogP contribution in [0.2, 0.25) is 5.15 Å². The Morgan fingerprint density at radius 1 is 1.32 bits per heavy atom. The number of hydrogen-bond donors (Lipinski definition) is 1. The van der Waals surface area contributed by atoms with E-state index in [1.54, 1.807) is 23.5 Å². The van der Waals surface area contributed by atoms with Gasteiger partial charge in [-0.15, -0.1) is 21.5 Å². The van der Waals surface area contributed by atoms with Gasteiger partial charge >= 0.3 is 0 Å². The van der Waals surface area contributed by atoms with Gasteiger partial charge in [-0.3, -0.25) is 4.79 Å². The first-order valence-corrected chi connectivity index (χ1v) is 7.17. The summed E-state index contributed by atoms with van der Waals surface area (Å²) in [6.07, 6.45) is 0. The number of carbonyl (C=O) groups is 1. The highest BCUT2D eigenvalue weighted by molar-refractivity contribution is 7.10. The lowest BCUT2D eigenvalue weighted by Crippen LogP contribution is -2.31. The first kappa shape index (κ1) is 14.0. The van der Waals surface area contributed by atoms with Crippen LogP contribution in [-0.4, -0.2) is 16.1 Å². The standard InChI is InChI=1S/C13H14ClN3OS/c1-8(2)12(10-4-3-7-19-10)15-13(18)9-5-6-11(14)17-16-9/h3-8,12H,1-2H3,(H,15,18). The Bertz CT molecular complexity index is 540. The summed E-state index contributed by atoms with van der Waals surface area (Å²) in [5.41, 5.74) is 0.270. The summed E-state index contributed by atoms with van der Waals surface area (Å²) in [6.45, 7) is 4.14. The molecule has 4 nitrogen and oxygen atoms in total. The van der Waals surface area contributed by atoms with Crippen LogP contribution in [0.4, 0.5) is 0 Å². The molecule has 0 bridgehead atoms. The van der Waals surface area contributed by atoms with Gasteiger partial charge in [0.25, 0.3) is 5.91 Å². The van der Waals surface area contributed by atoms with Crippen LogP contribution in [0.5, 0.6) is 0 Å². The molecule has 0 saturated carbocycles. The van der Waals surface area contributed by atoms with Gasteiger partial charge < -0.3 is 5.32 Å². The number of nitrogens with one attached hydrogen (secondary N) is 1. The van der Waals surface area contributed by atoms with Crippen molar-refractivity contribution in [1.82, 2.24) is 15.5 Å². The molecule has 0 radical (unpaired) electrons. The van der Waals surface area contributed by atoms with E-state index in [4.69, 9.17) is 11.6 Å². The molecule has 2 heterocycles. The zero-order valence-corrected chi connectivity index (χ0v) is 12.2. The number of hydrogen-bond acceptors (Lipinski definition) is 4. The molecule has 0 saturated heterocycles. The molecule has 0 aliphatic rings. The minimum Gasteiger partial charge on any atom is -0.343 e. The van der Waals surface area contributed by atoms with E-state index in [2.05, 4.69) is 29.4 Å². The van der Waals surface area contributed by atoms with Crippen LogP contribution in [-0.2, 0) is 0 Å². The fourth-order valence-corrected chi connectivity index (χ4v) is 2.74. The summed E-state index contributed by atoms with van der Waals surface area (Å²) < 4.78 is 0. The Morgan fingerprint density at radius 3 is 2.63 bits per heavy atom. The van der Waals surface area contributed by atoms with Gasteiger partial charge in [-0.05, 0) is 29.5 Å². The van der Waals surface area contributed by atoms with Gasteiger partial charge in [0.15, 0.2) is 10.8 Å². The SMILES string of the molecule is CC(C)C(NC(=O)c1ccc(Cl)nn1)c1cccs1. The zero-order valence-electron chi connectivity index (χ0n) is 10.6. The van der Waals surface area contributed by atoms with Crippen molar-refractivity contribution in [3.05, 3.63) is 45.4 Å². The van der Waals surface area contributed by atoms with Crippen molar-refractivity contribution in [3.8, 4) is 0 Å². The van der Waals surface area contributed by atoms with Crippen molar-refractivity contribution in [1.29, 1.82) is 0 Å². The summed E-state index contributed by atoms with van der Waals surface area (Å²) >= 11 is 7.28. The van der Waals surface area contributed by atoms with E-state index in [9.17, 15) is 4.79 Å². The van der Waals surface area contributed by atoms with Gasteiger partial charge in [-0.1, -0.05) is 31.5 Å². The second-order valence-corrected chi connectivity index (χ2v) is 5.82. The van der Waals surface area contributed by atoms with Crippen molar-refractivity contribution < 1.29 is 4.79 Å². The summed E-state index contributed by atoms with van der Waals surface area (Å²) in [7, 11) is 0. The Morgan fingerprint density at radius 2 is 2.11 bits per heavy atom. The molecule has 100 valence electrons. The Hall–Kier alpha value is -1.46. The van der Waals surface area contributed by atoms with Crippen molar-refractivity contribution >= 4 is 28.8 Å². The molecular formula is C13H14ClN3OS. The maximum absolute atomic E-state index is 12.1. The Balaban J connectivity index is 2.14. The Labute approximate surface area is 120 Å². The molecule has 1 N–H and O–H groups in total. The summed E-state index contributed by atoms with van der Waals surface area (Å²) in [5, 5.41) is 12.7. The van der Waals surface area contributed by atoms with Gasteiger partial charge in [-0.2, -0.15) is 0 Å². The molecule has 2 aromatic rings. The van der Waals surface area contributed by atoms with E-state index in [1.165, 1.54) is 0 Å². The summed E-state index contributed by atoms with van der Waals surface area (Å²) in [4.78, 5) is 13.2. The molecule has 6 heteroatoms. The van der Waals surface area contributed by atoms with Crippen LogP contribution in [0.1, 0.15) is 35.3 Å². The van der Waals surface area contributed by atoms with Gasteiger partial charge in [0.05, 0.1) is 6.04 Å². The first-order chi connectivity index (χ1) is 9.08. The fourth-order valence-electron chi connectivity index (χ4n) is 1.69. The highest BCUT2D eigenvalue weighted by atomic mass is 35.5. The van der Waals surface area contributed by atoms with E-state index in [-0.39, 0.29) is 22.8 Å². The fraction of sp³-hybridized carbons (Fsp3) is 0.308. The number of carbonyl (C=O) groups excluding carboxylic acids is 1. The van der Waals surface area contributed by atoms with Crippen LogP contribution in [0.15, 0.2) is 29.6 Å². The van der Waals surface area contributed by atoms with Gasteiger partial charge in [0, 0.05) is 4.88 Å². The zero-order chi connectivity index (χ0) is 13.8. The second kappa shape index (κ2) is 6.12. The number of thiophene rings is 1. The molecule has 0 spiro atoms. The maximum atomic E-state index is 12.1. The van der Waals surface area contributed by atoms with Crippen LogP contribution in [0, 0.1) is 5.92 Å². The average molecular weight is 296 g/mol. The van der Waals surface area contributed by atoms with Crippen molar-refractivity contribution in [2.24, 2.45) is 5.92 Å². The number of halogens is 1. The molecule has 2 aromatic heterocycles. The van der Waals surface area contributed by atoms with Crippen molar-refractivity contribution in [3.63, 3.8) is 0 Å². The second-order valence-electron chi connectivity index (χ2n) is 4.45. The lowest BCUT2D eigenvalue weighted by molar-refractivity contribution is 0.0920. The molecule has 1 atom stereocenters. The highest BCUT2D eigenvalue weighted by Gasteiger charge is 2.20. The van der Waals surface area contributed by atoms with E-state index >= 15 is 0 Å². The quantitative estimate of drug-likeness (QED) is 0.941. The van der Waals surface area contributed by atoms with E-state index in [0.29, 0.717) is 5.92 Å². The van der Waals surface area contributed by atoms with Crippen molar-refractivity contribution in [2.75, 3.05) is 0 Å². The smallest absolute Gasteiger partial charge is 0.272 e. The monoisotopic (exact) mass is 295 g/mol. The third kappa shape index (κ3) is 3.52. The minimum atomic E-state index is -0.240. The first-order valence-electron chi connectivity index (χ1n) is 5.91. The maximum Gasteiger partial charge on any atom is 0.272 e. The van der Waals surface area contributed by atoms with E-state index < -0.39 is 0 Å². The highest BCUT2D eigenvalue weighted by Crippen LogP contribution is 2.25. The van der Waals surface area contributed by atoms with Crippen LogP contribution >= 0.6 is 22.9 Å². The number of rotatable bonds is 4. The van der Waals surface area contributed by atoms with E-state index in [1.807, 2.05) is 17.5 Å². The summed E-state index contributed by atoms with van der Waals surface area (Å²) in [6, 6.07) is 7.09. The topological polar surface area (TPSA) is 54.9 Å². The molecule has 0 aromatic carbocycles. The number of amides is 1. The molecule has 1 unspecified atom stereocenters. The van der Waals surface area contributed by atoms with Gasteiger partial charge in [0.1, 0.15) is 0 Å². The molecule has 0 aliphatic heterocycles. The molecule has 2 rings (SSSR count). The molecular weight excluding hydrogens is 282 g/mol. The predicted molar refractivity (Wildman–Crippen MR) is 76.4 cm³/mol. The normalized spacial score (nSPS) is 12.4. The van der Waals surface area contributed by atoms with E-state index in [0.717, 1.165) is 4.88 Å². The number of aromatic nitrogens is 2. The van der Waals surface area contributed by atoms with Crippen LogP contribution in [0.3, 0.4) is 0 Å². The van der Waals surface area contributed by atoms with Crippen molar-refractivity contribution in [2.45, 2.75) is 19.9 Å². The molecule has 1 amide bonds. The molecule has 19 heavy (non-hydrogen) atoms. The average Bonchev–Trinajstić information content (AvgIpc) is 2.89. The summed E-state index contributed by atoms with van der Waals surface area (Å²) in [5.74, 6) is 0.0547. The van der Waals surface area contributed by atoms with Gasteiger partial charge in [0.2, 0.25) is 0 Å². The van der Waals surface area contributed by atoms with Crippen LogP contribution < -0.4 is 5.32 Å². The molecule has 0 aliphatic carbocycles. The lowest BCUT2D eigenvalue weighted by Gasteiger charge is -2.20. The predicted octanol–water partition coefficient (Wildman–Crippen LogP) is 3.32. The third-order valence-corrected chi connectivity index (χ3v) is 3.82. The molecule has 0 fully saturated rings.